The van der Waals surface area contributed by atoms with Crippen molar-refractivity contribution < 1.29 is 9.90 Å². The van der Waals surface area contributed by atoms with Gasteiger partial charge in [-0.25, -0.2) is 9.97 Å². The Labute approximate surface area is 118 Å². The maximum absolute atomic E-state index is 11.1. The molecule has 2 aliphatic carbocycles. The van der Waals surface area contributed by atoms with E-state index in [1.165, 1.54) is 19.3 Å². The molecule has 0 radical (unpaired) electrons. The van der Waals surface area contributed by atoms with E-state index in [1.54, 1.807) is 6.33 Å². The summed E-state index contributed by atoms with van der Waals surface area (Å²) in [5, 5.41) is 9.15. The molecule has 3 aliphatic rings. The number of hydrogen-bond acceptors (Lipinski definition) is 4. The van der Waals surface area contributed by atoms with Crippen molar-refractivity contribution in [1.82, 2.24) is 9.97 Å². The van der Waals surface area contributed by atoms with Crippen molar-refractivity contribution in [2.75, 3.05) is 18.0 Å². The molecule has 5 heteroatoms. The molecule has 1 aromatic rings. The van der Waals surface area contributed by atoms with E-state index in [-0.39, 0.29) is 5.92 Å². The highest BCUT2D eigenvalue weighted by atomic mass is 16.4. The van der Waals surface area contributed by atoms with Crippen LogP contribution in [-0.4, -0.2) is 34.1 Å². The average Bonchev–Trinajstić information content (AvgIpc) is 3.10. The van der Waals surface area contributed by atoms with E-state index >= 15 is 0 Å². The van der Waals surface area contributed by atoms with Gasteiger partial charge in [0.15, 0.2) is 0 Å². The van der Waals surface area contributed by atoms with Crippen LogP contribution >= 0.6 is 0 Å². The molecule has 3 atom stereocenters. The third-order valence-electron chi connectivity index (χ3n) is 5.30. The molecule has 4 rings (SSSR count). The van der Waals surface area contributed by atoms with Gasteiger partial charge in [-0.2, -0.15) is 0 Å². The second kappa shape index (κ2) is 4.43. The van der Waals surface area contributed by atoms with E-state index < -0.39 is 5.97 Å². The van der Waals surface area contributed by atoms with Crippen molar-refractivity contribution in [3.05, 3.63) is 18.1 Å². The zero-order valence-electron chi connectivity index (χ0n) is 11.4. The van der Waals surface area contributed by atoms with Crippen molar-refractivity contribution in [3.8, 4) is 0 Å². The number of carboxylic acids is 1. The maximum atomic E-state index is 11.1. The molecule has 1 N–H and O–H groups in total. The highest BCUT2D eigenvalue weighted by Gasteiger charge is 2.57. The smallest absolute Gasteiger partial charge is 0.307 e. The Morgan fingerprint density at radius 2 is 2.10 bits per heavy atom. The van der Waals surface area contributed by atoms with Gasteiger partial charge in [0.05, 0.1) is 5.92 Å². The van der Waals surface area contributed by atoms with Crippen LogP contribution in [-0.2, 0) is 4.79 Å². The Hall–Kier alpha value is -1.65. The minimum absolute atomic E-state index is 0.118. The first kappa shape index (κ1) is 12.1. The molecule has 0 unspecified atom stereocenters. The summed E-state index contributed by atoms with van der Waals surface area (Å²) < 4.78 is 0. The molecule has 0 bridgehead atoms. The predicted octanol–water partition coefficient (Wildman–Crippen LogP) is 1.90. The molecule has 0 amide bonds. The zero-order valence-corrected chi connectivity index (χ0v) is 11.4. The van der Waals surface area contributed by atoms with Crippen LogP contribution in [0.1, 0.15) is 37.3 Å². The zero-order chi connectivity index (χ0) is 13.7. The fourth-order valence-corrected chi connectivity index (χ4v) is 3.77. The van der Waals surface area contributed by atoms with E-state index in [2.05, 4.69) is 20.9 Å². The van der Waals surface area contributed by atoms with Crippen molar-refractivity contribution in [2.24, 2.45) is 17.8 Å². The summed E-state index contributed by atoms with van der Waals surface area (Å²) in [7, 11) is 0. The first-order chi connectivity index (χ1) is 9.74. The lowest BCUT2D eigenvalue weighted by Gasteiger charge is -2.29. The van der Waals surface area contributed by atoms with E-state index in [0.717, 1.165) is 31.0 Å². The molecule has 0 spiro atoms. The summed E-state index contributed by atoms with van der Waals surface area (Å²) in [5.74, 6) is 1.58. The molecule has 1 aromatic heterocycles. The Balaban J connectivity index is 1.49. The van der Waals surface area contributed by atoms with Crippen LogP contribution in [0.15, 0.2) is 12.4 Å². The van der Waals surface area contributed by atoms with E-state index in [9.17, 15) is 4.79 Å². The highest BCUT2D eigenvalue weighted by molar-refractivity contribution is 5.74. The molecule has 1 aliphatic heterocycles. The number of rotatable bonds is 3. The topological polar surface area (TPSA) is 66.3 Å². The molecule has 106 valence electrons. The number of hydrogen-bond donors (Lipinski definition) is 1. The Morgan fingerprint density at radius 3 is 2.80 bits per heavy atom. The number of aliphatic carboxylic acids is 1. The summed E-state index contributed by atoms with van der Waals surface area (Å²) in [6.45, 7) is 1.76. The highest BCUT2D eigenvalue weighted by Crippen LogP contribution is 2.52. The van der Waals surface area contributed by atoms with Crippen LogP contribution in [0.4, 0.5) is 5.82 Å². The summed E-state index contributed by atoms with van der Waals surface area (Å²) in [4.78, 5) is 22.2. The number of carbonyl (C=O) groups is 1. The van der Waals surface area contributed by atoms with E-state index in [4.69, 9.17) is 5.11 Å². The molecule has 20 heavy (non-hydrogen) atoms. The monoisotopic (exact) mass is 273 g/mol. The molecule has 3 fully saturated rings. The van der Waals surface area contributed by atoms with Gasteiger partial charge in [-0.15, -0.1) is 0 Å². The molecule has 0 aromatic carbocycles. The molecule has 5 nitrogen and oxygen atoms in total. The van der Waals surface area contributed by atoms with Gasteiger partial charge in [0.25, 0.3) is 0 Å². The van der Waals surface area contributed by atoms with Gasteiger partial charge in [-0.3, -0.25) is 4.79 Å². The largest absolute Gasteiger partial charge is 0.481 e. The summed E-state index contributed by atoms with van der Waals surface area (Å²) in [6, 6.07) is 2.11. The minimum atomic E-state index is -0.625. The van der Waals surface area contributed by atoms with E-state index in [0.29, 0.717) is 17.8 Å². The Kier molecular flexibility index (Phi) is 2.69. The first-order valence-corrected chi connectivity index (χ1v) is 7.54. The van der Waals surface area contributed by atoms with Crippen LogP contribution in [0.3, 0.4) is 0 Å². The molecular weight excluding hydrogens is 254 g/mol. The number of carboxylic acid groups (broad SMARTS) is 1. The second-order valence-electron chi connectivity index (χ2n) is 6.36. The molecular formula is C15H19N3O2. The lowest BCUT2D eigenvalue weighted by atomic mass is 9.83. The van der Waals surface area contributed by atoms with Gasteiger partial charge in [-0.1, -0.05) is 6.42 Å². The van der Waals surface area contributed by atoms with Crippen LogP contribution < -0.4 is 4.90 Å². The van der Waals surface area contributed by atoms with Crippen LogP contribution in [0.5, 0.6) is 0 Å². The van der Waals surface area contributed by atoms with Crippen LogP contribution in [0.2, 0.25) is 0 Å². The van der Waals surface area contributed by atoms with Gasteiger partial charge in [0.1, 0.15) is 12.1 Å². The minimum Gasteiger partial charge on any atom is -0.481 e. The number of piperidine rings is 1. The second-order valence-corrected chi connectivity index (χ2v) is 6.36. The summed E-state index contributed by atoms with van der Waals surface area (Å²) in [5.41, 5.74) is 1.16. The molecule has 1 saturated heterocycles. The number of anilines is 1. The lowest BCUT2D eigenvalue weighted by Crippen LogP contribution is -2.32. The Morgan fingerprint density at radius 1 is 1.25 bits per heavy atom. The normalized spacial score (nSPS) is 32.4. The predicted molar refractivity (Wildman–Crippen MR) is 73.6 cm³/mol. The van der Waals surface area contributed by atoms with Gasteiger partial charge in [-0.05, 0) is 31.1 Å². The third-order valence-corrected chi connectivity index (χ3v) is 5.30. The lowest BCUT2D eigenvalue weighted by molar-refractivity contribution is -0.139. The van der Waals surface area contributed by atoms with Crippen molar-refractivity contribution in [3.63, 3.8) is 0 Å². The standard InChI is InChI=1S/C15H19N3O2/c19-15(20)14-10-4-5-18(7-11(10)14)13-6-12(16-8-17-13)9-2-1-3-9/h6,8-11,14H,1-5,7H2,(H,19,20)/t10-,11+,14-/m1/s1. The number of fused-ring (bicyclic) bond motifs is 1. The molecule has 2 heterocycles. The Bertz CT molecular complexity index is 544. The molecule has 2 saturated carbocycles. The number of nitrogens with zero attached hydrogens (tertiary/aromatic N) is 3. The SMILES string of the molecule is O=C(O)[C@@H]1[C@@H]2CCN(c3cc(C4CCC4)ncn3)C[C@@H]21. The number of aromatic nitrogens is 2. The summed E-state index contributed by atoms with van der Waals surface area (Å²) >= 11 is 0. The summed E-state index contributed by atoms with van der Waals surface area (Å²) in [6.07, 6.45) is 6.42. The average molecular weight is 273 g/mol. The van der Waals surface area contributed by atoms with Gasteiger partial charge in [0.2, 0.25) is 0 Å². The van der Waals surface area contributed by atoms with E-state index in [1.807, 2.05) is 0 Å². The van der Waals surface area contributed by atoms with Crippen molar-refractivity contribution in [1.29, 1.82) is 0 Å². The van der Waals surface area contributed by atoms with Gasteiger partial charge < -0.3 is 10.0 Å². The fourth-order valence-electron chi connectivity index (χ4n) is 3.77. The quantitative estimate of drug-likeness (QED) is 0.911. The van der Waals surface area contributed by atoms with Crippen molar-refractivity contribution >= 4 is 11.8 Å². The first-order valence-electron chi connectivity index (χ1n) is 7.54. The van der Waals surface area contributed by atoms with Crippen LogP contribution in [0.25, 0.3) is 0 Å². The van der Waals surface area contributed by atoms with Crippen molar-refractivity contribution in [2.45, 2.75) is 31.6 Å². The third kappa shape index (κ3) is 1.87. The fraction of sp³-hybridized carbons (Fsp3) is 0.667. The van der Waals surface area contributed by atoms with Gasteiger partial charge >= 0.3 is 5.97 Å². The van der Waals surface area contributed by atoms with Crippen LogP contribution in [0, 0.1) is 17.8 Å². The maximum Gasteiger partial charge on any atom is 0.307 e. The van der Waals surface area contributed by atoms with Gasteiger partial charge in [0, 0.05) is 30.8 Å².